The van der Waals surface area contributed by atoms with Crippen LogP contribution in [0.5, 0.6) is 0 Å². The largest absolute Gasteiger partial charge is 0.311 e. The highest BCUT2D eigenvalue weighted by Crippen LogP contribution is 2.05. The van der Waals surface area contributed by atoms with E-state index in [0.717, 1.165) is 24.4 Å². The van der Waals surface area contributed by atoms with E-state index in [1.807, 2.05) is 36.2 Å². The first-order chi connectivity index (χ1) is 9.40. The SMILES string of the molecule is CSCCCCCCNCc1cn2ccccc2n1. The van der Waals surface area contributed by atoms with Gasteiger partial charge in [-0.15, -0.1) is 0 Å². The fourth-order valence-electron chi connectivity index (χ4n) is 2.14. The Labute approximate surface area is 119 Å². The van der Waals surface area contributed by atoms with Crippen LogP contribution in [0.3, 0.4) is 0 Å². The van der Waals surface area contributed by atoms with Gasteiger partial charge in [0, 0.05) is 18.9 Å². The predicted molar refractivity (Wildman–Crippen MR) is 83.7 cm³/mol. The Balaban J connectivity index is 1.60. The van der Waals surface area contributed by atoms with Crippen LogP contribution in [-0.2, 0) is 6.54 Å². The first-order valence-corrected chi connectivity index (χ1v) is 8.42. The number of aromatic nitrogens is 2. The summed E-state index contributed by atoms with van der Waals surface area (Å²) in [6.07, 6.45) is 11.6. The van der Waals surface area contributed by atoms with Gasteiger partial charge in [-0.1, -0.05) is 18.9 Å². The Kier molecular flexibility index (Phi) is 6.24. The molecule has 1 N–H and O–H groups in total. The van der Waals surface area contributed by atoms with E-state index in [2.05, 4.69) is 27.2 Å². The molecule has 0 unspecified atom stereocenters. The van der Waals surface area contributed by atoms with Gasteiger partial charge in [0.05, 0.1) is 5.69 Å². The Hall–Kier alpha value is -1.00. The highest BCUT2D eigenvalue weighted by atomic mass is 32.2. The average Bonchev–Trinajstić information content (AvgIpc) is 2.84. The zero-order valence-electron chi connectivity index (χ0n) is 11.6. The smallest absolute Gasteiger partial charge is 0.137 e. The molecule has 2 aromatic rings. The monoisotopic (exact) mass is 277 g/mol. The van der Waals surface area contributed by atoms with Gasteiger partial charge in [-0.2, -0.15) is 11.8 Å². The maximum atomic E-state index is 4.57. The molecule has 0 aliphatic carbocycles. The van der Waals surface area contributed by atoms with Crippen LogP contribution in [0, 0.1) is 0 Å². The van der Waals surface area contributed by atoms with Crippen LogP contribution in [0.2, 0.25) is 0 Å². The molecule has 0 aromatic carbocycles. The Morgan fingerprint density at radius 2 is 2.11 bits per heavy atom. The predicted octanol–water partition coefficient (Wildman–Crippen LogP) is 3.35. The zero-order valence-corrected chi connectivity index (χ0v) is 12.5. The number of hydrogen-bond acceptors (Lipinski definition) is 3. The van der Waals surface area contributed by atoms with Crippen molar-refractivity contribution < 1.29 is 0 Å². The molecule has 2 rings (SSSR count). The first kappa shape index (κ1) is 14.4. The van der Waals surface area contributed by atoms with Crippen molar-refractivity contribution in [1.82, 2.24) is 14.7 Å². The number of hydrogen-bond donors (Lipinski definition) is 1. The van der Waals surface area contributed by atoms with Crippen molar-refractivity contribution in [3.63, 3.8) is 0 Å². The van der Waals surface area contributed by atoms with Crippen molar-refractivity contribution in [1.29, 1.82) is 0 Å². The van der Waals surface area contributed by atoms with Crippen molar-refractivity contribution >= 4 is 17.4 Å². The molecule has 0 fully saturated rings. The maximum absolute atomic E-state index is 4.57. The van der Waals surface area contributed by atoms with Gasteiger partial charge in [0.15, 0.2) is 0 Å². The minimum Gasteiger partial charge on any atom is -0.311 e. The fourth-order valence-corrected chi connectivity index (χ4v) is 2.63. The van der Waals surface area contributed by atoms with Gasteiger partial charge >= 0.3 is 0 Å². The summed E-state index contributed by atoms with van der Waals surface area (Å²) in [7, 11) is 0. The van der Waals surface area contributed by atoms with E-state index < -0.39 is 0 Å². The summed E-state index contributed by atoms with van der Waals surface area (Å²) in [5, 5.41) is 3.47. The lowest BCUT2D eigenvalue weighted by Crippen LogP contribution is -2.14. The number of fused-ring (bicyclic) bond motifs is 1. The second-order valence-corrected chi connectivity index (χ2v) is 5.77. The number of nitrogens with one attached hydrogen (secondary N) is 1. The lowest BCUT2D eigenvalue weighted by Gasteiger charge is -2.02. The van der Waals surface area contributed by atoms with Gasteiger partial charge in [-0.25, -0.2) is 4.98 Å². The third-order valence-corrected chi connectivity index (χ3v) is 3.87. The minimum absolute atomic E-state index is 0.868. The summed E-state index contributed by atoms with van der Waals surface area (Å²) in [6, 6.07) is 6.09. The second-order valence-electron chi connectivity index (χ2n) is 4.78. The van der Waals surface area contributed by atoms with Crippen LogP contribution < -0.4 is 5.32 Å². The van der Waals surface area contributed by atoms with Crippen molar-refractivity contribution in [2.75, 3.05) is 18.6 Å². The molecule has 2 heterocycles. The van der Waals surface area contributed by atoms with E-state index in [1.54, 1.807) is 0 Å². The molecule has 0 atom stereocenters. The number of rotatable bonds is 9. The topological polar surface area (TPSA) is 29.3 Å². The third kappa shape index (κ3) is 4.88. The number of imidazole rings is 1. The second kappa shape index (κ2) is 8.23. The molecule has 4 heteroatoms. The van der Waals surface area contributed by atoms with Gasteiger partial charge in [-0.05, 0) is 43.5 Å². The van der Waals surface area contributed by atoms with E-state index in [4.69, 9.17) is 0 Å². The molecule has 3 nitrogen and oxygen atoms in total. The summed E-state index contributed by atoms with van der Waals surface area (Å²) in [5.41, 5.74) is 2.14. The quantitative estimate of drug-likeness (QED) is 0.713. The molecule has 0 aliphatic heterocycles. The highest BCUT2D eigenvalue weighted by Gasteiger charge is 1.99. The molecule has 19 heavy (non-hydrogen) atoms. The number of thioether (sulfide) groups is 1. The van der Waals surface area contributed by atoms with E-state index in [0.29, 0.717) is 0 Å². The molecule has 0 radical (unpaired) electrons. The zero-order chi connectivity index (χ0) is 13.3. The Morgan fingerprint density at radius 3 is 2.95 bits per heavy atom. The van der Waals surface area contributed by atoms with Crippen LogP contribution in [0.4, 0.5) is 0 Å². The van der Waals surface area contributed by atoms with Crippen LogP contribution in [0.1, 0.15) is 31.4 Å². The molecule has 0 amide bonds. The fraction of sp³-hybridized carbons (Fsp3) is 0.533. The molecule has 0 spiro atoms. The Morgan fingerprint density at radius 1 is 1.21 bits per heavy atom. The van der Waals surface area contributed by atoms with Gasteiger partial charge < -0.3 is 9.72 Å². The minimum atomic E-state index is 0.868. The lowest BCUT2D eigenvalue weighted by atomic mass is 10.2. The van der Waals surface area contributed by atoms with Crippen molar-refractivity contribution in [3.8, 4) is 0 Å². The molecule has 0 aliphatic rings. The van der Waals surface area contributed by atoms with Gasteiger partial charge in [0.25, 0.3) is 0 Å². The van der Waals surface area contributed by atoms with Gasteiger partial charge in [0.2, 0.25) is 0 Å². The summed E-state index contributed by atoms with van der Waals surface area (Å²) >= 11 is 1.94. The molecule has 0 bridgehead atoms. The summed E-state index contributed by atoms with van der Waals surface area (Å²) in [6.45, 7) is 1.96. The third-order valence-electron chi connectivity index (χ3n) is 3.17. The van der Waals surface area contributed by atoms with Crippen LogP contribution >= 0.6 is 11.8 Å². The summed E-state index contributed by atoms with van der Waals surface area (Å²) in [4.78, 5) is 4.57. The van der Waals surface area contributed by atoms with Crippen molar-refractivity contribution in [3.05, 3.63) is 36.3 Å². The van der Waals surface area contributed by atoms with Crippen LogP contribution in [0.15, 0.2) is 30.6 Å². The highest BCUT2D eigenvalue weighted by molar-refractivity contribution is 7.98. The van der Waals surface area contributed by atoms with Crippen molar-refractivity contribution in [2.24, 2.45) is 0 Å². The molecule has 0 saturated heterocycles. The number of pyridine rings is 1. The molecular formula is C15H23N3S. The summed E-state index contributed by atoms with van der Waals surface area (Å²) in [5.74, 6) is 1.30. The standard InChI is InChI=1S/C15H23N3S/c1-19-11-7-3-2-5-9-16-12-14-13-18-10-6-4-8-15(18)17-14/h4,6,8,10,13,16H,2-3,5,7,9,11-12H2,1H3. The van der Waals surface area contributed by atoms with Gasteiger partial charge in [0.1, 0.15) is 5.65 Å². The molecule has 104 valence electrons. The van der Waals surface area contributed by atoms with E-state index in [1.165, 1.54) is 31.4 Å². The van der Waals surface area contributed by atoms with Gasteiger partial charge in [-0.3, -0.25) is 0 Å². The van der Waals surface area contributed by atoms with E-state index in [9.17, 15) is 0 Å². The molecular weight excluding hydrogens is 254 g/mol. The lowest BCUT2D eigenvalue weighted by molar-refractivity contribution is 0.596. The van der Waals surface area contributed by atoms with Crippen LogP contribution in [0.25, 0.3) is 5.65 Å². The number of nitrogens with zero attached hydrogens (tertiary/aromatic N) is 2. The summed E-state index contributed by atoms with van der Waals surface area (Å²) < 4.78 is 2.07. The van der Waals surface area contributed by atoms with Crippen LogP contribution in [-0.4, -0.2) is 27.9 Å². The first-order valence-electron chi connectivity index (χ1n) is 7.02. The van der Waals surface area contributed by atoms with Crippen molar-refractivity contribution in [2.45, 2.75) is 32.2 Å². The molecule has 0 saturated carbocycles. The Bertz CT molecular complexity index is 448. The number of unbranched alkanes of at least 4 members (excludes halogenated alkanes) is 3. The molecule has 2 aromatic heterocycles. The van der Waals surface area contributed by atoms with E-state index in [-0.39, 0.29) is 0 Å². The maximum Gasteiger partial charge on any atom is 0.137 e. The normalized spacial score (nSPS) is 11.2. The van der Waals surface area contributed by atoms with E-state index >= 15 is 0 Å². The average molecular weight is 277 g/mol.